The van der Waals surface area contributed by atoms with Crippen LogP contribution < -0.4 is 5.73 Å². The third-order valence-electron chi connectivity index (χ3n) is 3.49. The summed E-state index contributed by atoms with van der Waals surface area (Å²) in [4.78, 5) is 36.0. The number of ketones is 1. The summed E-state index contributed by atoms with van der Waals surface area (Å²) < 4.78 is 6.60. The second kappa shape index (κ2) is 7.67. The molecule has 2 N–H and O–H groups in total. The van der Waals surface area contributed by atoms with E-state index in [1.807, 2.05) is 0 Å². The van der Waals surface area contributed by atoms with Crippen molar-refractivity contribution in [2.75, 3.05) is 12.3 Å². The molecule has 134 valence electrons. The number of benzene rings is 1. The number of fused-ring (bicyclic) bond motifs is 1. The molecule has 0 aliphatic carbocycles. The molecule has 3 rings (SSSR count). The number of rotatable bonds is 6. The molecule has 0 bridgehead atoms. The quantitative estimate of drug-likeness (QED) is 0.505. The first-order chi connectivity index (χ1) is 12.5. The van der Waals surface area contributed by atoms with Crippen LogP contribution in [0.5, 0.6) is 0 Å². The second-order valence-electron chi connectivity index (χ2n) is 5.32. The van der Waals surface area contributed by atoms with E-state index in [4.69, 9.17) is 33.7 Å². The number of hydrogen-bond donors (Lipinski definition) is 1. The van der Waals surface area contributed by atoms with E-state index in [0.717, 1.165) is 0 Å². The summed E-state index contributed by atoms with van der Waals surface area (Å²) in [6.07, 6.45) is 1.46. The van der Waals surface area contributed by atoms with Crippen molar-refractivity contribution < 1.29 is 14.3 Å². The Morgan fingerprint density at radius 3 is 2.73 bits per heavy atom. The molecule has 0 saturated heterocycles. The van der Waals surface area contributed by atoms with E-state index in [9.17, 15) is 9.59 Å². The Balaban J connectivity index is 1.58. The minimum absolute atomic E-state index is 0.00702. The number of anilines is 1. The first-order valence-electron chi connectivity index (χ1n) is 7.53. The molecule has 1 aromatic carbocycles. The molecule has 0 atom stereocenters. The molecule has 2 heterocycles. The second-order valence-corrected chi connectivity index (χ2v) is 6.09. The van der Waals surface area contributed by atoms with Crippen molar-refractivity contribution in [2.24, 2.45) is 0 Å². The summed E-state index contributed by atoms with van der Waals surface area (Å²) in [6.45, 7) is -0.0691. The SMILES string of the molecule is Nc1nc(Cl)c2ncn(CC(=O)CCOC(=O)c3ccccc3Cl)c2n1. The van der Waals surface area contributed by atoms with Crippen LogP contribution in [0.1, 0.15) is 16.8 Å². The standard InChI is InChI=1S/C16H13Cl2N5O3/c17-11-4-2-1-3-10(11)15(25)26-6-5-9(24)7-23-8-20-12-13(18)21-16(19)22-14(12)23/h1-4,8H,5-7H2,(H2,19,21,22). The van der Waals surface area contributed by atoms with E-state index >= 15 is 0 Å². The summed E-state index contributed by atoms with van der Waals surface area (Å²) in [5, 5.41) is 0.412. The van der Waals surface area contributed by atoms with Crippen LogP contribution in [0.2, 0.25) is 10.2 Å². The minimum Gasteiger partial charge on any atom is -0.462 e. The molecular weight excluding hydrogens is 381 g/mol. The Morgan fingerprint density at radius 2 is 1.96 bits per heavy atom. The van der Waals surface area contributed by atoms with E-state index in [1.54, 1.807) is 24.3 Å². The molecule has 0 aliphatic rings. The summed E-state index contributed by atoms with van der Waals surface area (Å²) in [5.74, 6) is -0.765. The Morgan fingerprint density at radius 1 is 1.19 bits per heavy atom. The van der Waals surface area contributed by atoms with Crippen LogP contribution in [0, 0.1) is 0 Å². The normalized spacial score (nSPS) is 10.8. The van der Waals surface area contributed by atoms with Gasteiger partial charge in [-0.15, -0.1) is 0 Å². The summed E-state index contributed by atoms with van der Waals surface area (Å²) in [5.41, 5.74) is 6.54. The van der Waals surface area contributed by atoms with Crippen LogP contribution in [0.25, 0.3) is 11.2 Å². The number of aromatic nitrogens is 4. The maximum atomic E-state index is 12.1. The van der Waals surface area contributed by atoms with Gasteiger partial charge in [-0.25, -0.2) is 9.78 Å². The maximum absolute atomic E-state index is 12.1. The van der Waals surface area contributed by atoms with E-state index in [1.165, 1.54) is 10.9 Å². The van der Waals surface area contributed by atoms with Gasteiger partial charge < -0.3 is 15.0 Å². The Labute approximate surface area is 157 Å². The highest BCUT2D eigenvalue weighted by atomic mass is 35.5. The van der Waals surface area contributed by atoms with Gasteiger partial charge in [0.1, 0.15) is 5.52 Å². The van der Waals surface area contributed by atoms with E-state index in [0.29, 0.717) is 16.2 Å². The summed E-state index contributed by atoms with van der Waals surface area (Å²) in [6, 6.07) is 6.53. The van der Waals surface area contributed by atoms with Gasteiger partial charge in [0, 0.05) is 6.42 Å². The fraction of sp³-hybridized carbons (Fsp3) is 0.188. The number of ether oxygens (including phenoxy) is 1. The lowest BCUT2D eigenvalue weighted by molar-refractivity contribution is -0.120. The summed E-state index contributed by atoms with van der Waals surface area (Å²) >= 11 is 11.9. The lowest BCUT2D eigenvalue weighted by Gasteiger charge is -2.06. The fourth-order valence-corrected chi connectivity index (χ4v) is 2.71. The number of nitrogens with two attached hydrogens (primary N) is 1. The first kappa shape index (κ1) is 18.1. The molecule has 8 nitrogen and oxygen atoms in total. The van der Waals surface area contributed by atoms with Gasteiger partial charge in [-0.1, -0.05) is 35.3 Å². The smallest absolute Gasteiger partial charge is 0.339 e. The Bertz CT molecular complexity index is 989. The van der Waals surface area contributed by atoms with Gasteiger partial charge in [0.05, 0.1) is 30.1 Å². The van der Waals surface area contributed by atoms with Crippen LogP contribution >= 0.6 is 23.2 Å². The van der Waals surface area contributed by atoms with Crippen molar-refractivity contribution >= 4 is 52.1 Å². The Kier molecular flexibility index (Phi) is 5.34. The van der Waals surface area contributed by atoms with Crippen LogP contribution in [0.4, 0.5) is 5.95 Å². The number of Topliss-reactive ketones (excluding diaryl/α,β-unsaturated/α-hetero) is 1. The van der Waals surface area contributed by atoms with Gasteiger partial charge in [-0.05, 0) is 12.1 Å². The molecule has 3 aromatic rings. The molecule has 0 saturated carbocycles. The molecule has 0 amide bonds. The van der Waals surface area contributed by atoms with Crippen molar-refractivity contribution in [3.8, 4) is 0 Å². The molecule has 0 spiro atoms. The molecule has 0 radical (unpaired) electrons. The van der Waals surface area contributed by atoms with Crippen molar-refractivity contribution in [2.45, 2.75) is 13.0 Å². The highest BCUT2D eigenvalue weighted by Crippen LogP contribution is 2.19. The van der Waals surface area contributed by atoms with E-state index in [2.05, 4.69) is 15.0 Å². The number of hydrogen-bond acceptors (Lipinski definition) is 7. The largest absolute Gasteiger partial charge is 0.462 e. The zero-order valence-corrected chi connectivity index (χ0v) is 14.9. The topological polar surface area (TPSA) is 113 Å². The van der Waals surface area contributed by atoms with Crippen LogP contribution in [0.3, 0.4) is 0 Å². The average molecular weight is 394 g/mol. The maximum Gasteiger partial charge on any atom is 0.339 e. The van der Waals surface area contributed by atoms with Gasteiger partial charge in [-0.2, -0.15) is 9.97 Å². The highest BCUT2D eigenvalue weighted by Gasteiger charge is 2.15. The zero-order chi connectivity index (χ0) is 18.7. The number of carbonyl (C=O) groups is 2. The number of nitrogen functional groups attached to an aromatic ring is 1. The van der Waals surface area contributed by atoms with Gasteiger partial charge in [-0.3, -0.25) is 4.79 Å². The fourth-order valence-electron chi connectivity index (χ4n) is 2.27. The number of carbonyl (C=O) groups excluding carboxylic acids is 2. The van der Waals surface area contributed by atoms with Crippen molar-refractivity contribution in [3.63, 3.8) is 0 Å². The first-order valence-corrected chi connectivity index (χ1v) is 8.28. The zero-order valence-electron chi connectivity index (χ0n) is 13.4. The summed E-state index contributed by atoms with van der Waals surface area (Å²) in [7, 11) is 0. The molecule has 0 aliphatic heterocycles. The molecule has 26 heavy (non-hydrogen) atoms. The van der Waals surface area contributed by atoms with Crippen LogP contribution in [-0.2, 0) is 16.1 Å². The molecule has 0 unspecified atom stereocenters. The van der Waals surface area contributed by atoms with Crippen molar-refractivity contribution in [1.29, 1.82) is 0 Å². The number of halogens is 2. The predicted octanol–water partition coefficient (Wildman–Crippen LogP) is 2.53. The lowest BCUT2D eigenvalue weighted by Crippen LogP contribution is -2.15. The van der Waals surface area contributed by atoms with E-state index in [-0.39, 0.29) is 42.0 Å². The molecule has 2 aromatic heterocycles. The average Bonchev–Trinajstić information content (AvgIpc) is 2.98. The number of nitrogens with zero attached hydrogens (tertiary/aromatic N) is 4. The van der Waals surface area contributed by atoms with Gasteiger partial charge in [0.25, 0.3) is 0 Å². The molecule has 10 heteroatoms. The third kappa shape index (κ3) is 3.92. The number of imidazole rings is 1. The molecular formula is C16H13Cl2N5O3. The van der Waals surface area contributed by atoms with Crippen molar-refractivity contribution in [1.82, 2.24) is 19.5 Å². The van der Waals surface area contributed by atoms with Crippen molar-refractivity contribution in [3.05, 3.63) is 46.3 Å². The van der Waals surface area contributed by atoms with E-state index < -0.39 is 5.97 Å². The van der Waals surface area contributed by atoms with Crippen LogP contribution in [0.15, 0.2) is 30.6 Å². The third-order valence-corrected chi connectivity index (χ3v) is 4.09. The Hall–Kier alpha value is -2.71. The molecule has 0 fully saturated rings. The van der Waals surface area contributed by atoms with Gasteiger partial charge in [0.2, 0.25) is 5.95 Å². The minimum atomic E-state index is -0.580. The number of esters is 1. The predicted molar refractivity (Wildman–Crippen MR) is 96.1 cm³/mol. The van der Waals surface area contributed by atoms with Gasteiger partial charge >= 0.3 is 5.97 Å². The van der Waals surface area contributed by atoms with Gasteiger partial charge in [0.15, 0.2) is 16.6 Å². The lowest BCUT2D eigenvalue weighted by atomic mass is 10.2. The van der Waals surface area contributed by atoms with Crippen LogP contribution in [-0.4, -0.2) is 37.9 Å². The monoisotopic (exact) mass is 393 g/mol. The highest BCUT2D eigenvalue weighted by molar-refractivity contribution is 6.34.